The molecule has 0 aromatic heterocycles. The summed E-state index contributed by atoms with van der Waals surface area (Å²) in [5, 5.41) is 0. The SMILES string of the molecule is ClCC1CC12CC1CCC2C1. The summed E-state index contributed by atoms with van der Waals surface area (Å²) >= 11 is 5.91. The molecule has 3 rings (SSSR count). The van der Waals surface area contributed by atoms with Gasteiger partial charge in [-0.05, 0) is 48.9 Å². The van der Waals surface area contributed by atoms with Gasteiger partial charge in [0.05, 0.1) is 0 Å². The molecular weight excluding hydrogens is 156 g/mol. The van der Waals surface area contributed by atoms with E-state index in [2.05, 4.69) is 0 Å². The third-order valence-corrected chi connectivity index (χ3v) is 4.86. The molecule has 3 saturated carbocycles. The molecule has 2 bridgehead atoms. The van der Waals surface area contributed by atoms with E-state index in [1.165, 1.54) is 25.7 Å². The summed E-state index contributed by atoms with van der Waals surface area (Å²) in [6.45, 7) is 0. The standard InChI is InChI=1S/C10H15Cl/c11-6-9-5-10(9)4-7-1-2-8(10)3-7/h7-9H,1-6H2. The summed E-state index contributed by atoms with van der Waals surface area (Å²) in [6.07, 6.45) is 7.61. The lowest BCUT2D eigenvalue weighted by molar-refractivity contribution is 0.287. The summed E-state index contributed by atoms with van der Waals surface area (Å²) in [7, 11) is 0. The van der Waals surface area contributed by atoms with E-state index in [0.717, 1.165) is 29.0 Å². The molecule has 0 amide bonds. The molecule has 0 aromatic rings. The van der Waals surface area contributed by atoms with Gasteiger partial charge >= 0.3 is 0 Å². The van der Waals surface area contributed by atoms with Crippen molar-refractivity contribution in [2.24, 2.45) is 23.2 Å². The van der Waals surface area contributed by atoms with Crippen molar-refractivity contribution in [2.75, 3.05) is 5.88 Å². The van der Waals surface area contributed by atoms with Crippen LogP contribution in [0.3, 0.4) is 0 Å². The first-order valence-corrected chi connectivity index (χ1v) is 5.44. The molecule has 0 aliphatic heterocycles. The average molecular weight is 171 g/mol. The lowest BCUT2D eigenvalue weighted by atomic mass is 9.84. The highest BCUT2D eigenvalue weighted by atomic mass is 35.5. The number of alkyl halides is 1. The molecule has 0 nitrogen and oxygen atoms in total. The van der Waals surface area contributed by atoms with E-state index in [0.29, 0.717) is 0 Å². The summed E-state index contributed by atoms with van der Waals surface area (Å²) in [6, 6.07) is 0. The molecule has 3 fully saturated rings. The molecule has 0 saturated heterocycles. The van der Waals surface area contributed by atoms with E-state index in [9.17, 15) is 0 Å². The number of rotatable bonds is 1. The Kier molecular flexibility index (Phi) is 1.21. The van der Waals surface area contributed by atoms with Gasteiger partial charge in [0, 0.05) is 5.88 Å². The zero-order valence-electron chi connectivity index (χ0n) is 6.85. The van der Waals surface area contributed by atoms with E-state index in [4.69, 9.17) is 11.6 Å². The van der Waals surface area contributed by atoms with Gasteiger partial charge in [-0.1, -0.05) is 6.42 Å². The molecule has 4 atom stereocenters. The van der Waals surface area contributed by atoms with E-state index < -0.39 is 0 Å². The van der Waals surface area contributed by atoms with Crippen LogP contribution in [0.15, 0.2) is 0 Å². The van der Waals surface area contributed by atoms with Gasteiger partial charge in [-0.3, -0.25) is 0 Å². The van der Waals surface area contributed by atoms with Gasteiger partial charge in [-0.25, -0.2) is 0 Å². The maximum Gasteiger partial charge on any atom is 0.0257 e. The van der Waals surface area contributed by atoms with Crippen LogP contribution in [0.1, 0.15) is 32.1 Å². The molecule has 0 radical (unpaired) electrons. The second kappa shape index (κ2) is 1.96. The van der Waals surface area contributed by atoms with Gasteiger partial charge in [0.25, 0.3) is 0 Å². The molecule has 1 heteroatoms. The highest BCUT2D eigenvalue weighted by Gasteiger charge is 2.63. The van der Waals surface area contributed by atoms with E-state index >= 15 is 0 Å². The van der Waals surface area contributed by atoms with Crippen LogP contribution in [0.2, 0.25) is 0 Å². The van der Waals surface area contributed by atoms with Crippen molar-refractivity contribution in [1.82, 2.24) is 0 Å². The van der Waals surface area contributed by atoms with Crippen molar-refractivity contribution >= 4 is 11.6 Å². The number of halogens is 1. The quantitative estimate of drug-likeness (QED) is 0.531. The summed E-state index contributed by atoms with van der Waals surface area (Å²) < 4.78 is 0. The Morgan fingerprint density at radius 1 is 1.27 bits per heavy atom. The topological polar surface area (TPSA) is 0 Å². The molecule has 3 aliphatic carbocycles. The third-order valence-electron chi connectivity index (χ3n) is 4.49. The van der Waals surface area contributed by atoms with E-state index in [1.807, 2.05) is 0 Å². The zero-order chi connectivity index (χ0) is 7.47. The number of fused-ring (bicyclic) bond motifs is 3. The highest BCUT2D eigenvalue weighted by molar-refractivity contribution is 6.18. The van der Waals surface area contributed by atoms with Gasteiger partial charge in [0.1, 0.15) is 0 Å². The van der Waals surface area contributed by atoms with Crippen molar-refractivity contribution in [3.63, 3.8) is 0 Å². The van der Waals surface area contributed by atoms with Crippen molar-refractivity contribution in [3.05, 3.63) is 0 Å². The Bertz CT molecular complexity index is 189. The zero-order valence-corrected chi connectivity index (χ0v) is 7.61. The second-order valence-corrected chi connectivity index (χ2v) is 5.18. The van der Waals surface area contributed by atoms with Gasteiger partial charge in [0.2, 0.25) is 0 Å². The summed E-state index contributed by atoms with van der Waals surface area (Å²) in [5.74, 6) is 4.05. The Labute approximate surface area is 73.3 Å². The lowest BCUT2D eigenvalue weighted by Gasteiger charge is -2.21. The van der Waals surface area contributed by atoms with E-state index in [-0.39, 0.29) is 0 Å². The van der Waals surface area contributed by atoms with Gasteiger partial charge in [-0.2, -0.15) is 0 Å². The predicted octanol–water partition coefficient (Wildman–Crippen LogP) is 3.05. The van der Waals surface area contributed by atoms with Crippen molar-refractivity contribution in [1.29, 1.82) is 0 Å². The monoisotopic (exact) mass is 170 g/mol. The molecular formula is C10H15Cl. The van der Waals surface area contributed by atoms with Crippen LogP contribution in [0.25, 0.3) is 0 Å². The summed E-state index contributed by atoms with van der Waals surface area (Å²) in [5.41, 5.74) is 0.796. The fourth-order valence-corrected chi connectivity index (χ4v) is 4.26. The minimum atomic E-state index is 0.796. The smallest absolute Gasteiger partial charge is 0.0257 e. The lowest BCUT2D eigenvalue weighted by Crippen LogP contribution is -2.14. The molecule has 11 heavy (non-hydrogen) atoms. The number of hydrogen-bond acceptors (Lipinski definition) is 0. The molecule has 62 valence electrons. The molecule has 0 heterocycles. The van der Waals surface area contributed by atoms with Crippen LogP contribution < -0.4 is 0 Å². The Morgan fingerprint density at radius 3 is 2.64 bits per heavy atom. The number of hydrogen-bond donors (Lipinski definition) is 0. The molecule has 0 N–H and O–H groups in total. The van der Waals surface area contributed by atoms with Crippen molar-refractivity contribution < 1.29 is 0 Å². The van der Waals surface area contributed by atoms with E-state index in [1.54, 1.807) is 6.42 Å². The molecule has 0 aromatic carbocycles. The Morgan fingerprint density at radius 2 is 2.18 bits per heavy atom. The molecule has 1 spiro atoms. The fraction of sp³-hybridized carbons (Fsp3) is 1.00. The van der Waals surface area contributed by atoms with Crippen LogP contribution in [0.4, 0.5) is 0 Å². The van der Waals surface area contributed by atoms with Crippen LogP contribution in [0.5, 0.6) is 0 Å². The fourth-order valence-electron chi connectivity index (χ4n) is 3.84. The molecule has 3 aliphatic rings. The predicted molar refractivity (Wildman–Crippen MR) is 46.7 cm³/mol. The van der Waals surface area contributed by atoms with Gasteiger partial charge < -0.3 is 0 Å². The molecule has 4 unspecified atom stereocenters. The first-order chi connectivity index (χ1) is 5.35. The normalized spacial score (nSPS) is 59.2. The maximum absolute atomic E-state index is 5.91. The van der Waals surface area contributed by atoms with Gasteiger partial charge in [0.15, 0.2) is 0 Å². The second-order valence-electron chi connectivity index (χ2n) is 4.87. The maximum atomic E-state index is 5.91. The first-order valence-electron chi connectivity index (χ1n) is 4.91. The van der Waals surface area contributed by atoms with Crippen LogP contribution in [-0.2, 0) is 0 Å². The Hall–Kier alpha value is 0.290. The summed E-state index contributed by atoms with van der Waals surface area (Å²) in [4.78, 5) is 0. The van der Waals surface area contributed by atoms with Gasteiger partial charge in [-0.15, -0.1) is 11.6 Å². The first kappa shape index (κ1) is 6.77. The Balaban J connectivity index is 1.82. The van der Waals surface area contributed by atoms with Crippen LogP contribution in [-0.4, -0.2) is 5.88 Å². The van der Waals surface area contributed by atoms with Crippen LogP contribution >= 0.6 is 11.6 Å². The highest BCUT2D eigenvalue weighted by Crippen LogP contribution is 2.71. The van der Waals surface area contributed by atoms with Crippen LogP contribution in [0, 0.1) is 23.2 Å². The van der Waals surface area contributed by atoms with Crippen molar-refractivity contribution in [2.45, 2.75) is 32.1 Å². The third kappa shape index (κ3) is 0.722. The average Bonchev–Trinajstić information content (AvgIpc) is 2.45. The minimum absolute atomic E-state index is 0.796. The largest absolute Gasteiger partial charge is 0.126 e. The minimum Gasteiger partial charge on any atom is -0.126 e. The van der Waals surface area contributed by atoms with Crippen molar-refractivity contribution in [3.8, 4) is 0 Å².